The first kappa shape index (κ1) is 10.7. The van der Waals surface area contributed by atoms with E-state index in [1.165, 1.54) is 16.5 Å². The zero-order valence-corrected chi connectivity index (χ0v) is 9.94. The third kappa shape index (κ3) is 2.16. The van der Waals surface area contributed by atoms with Crippen LogP contribution in [-0.4, -0.2) is 24.7 Å². The van der Waals surface area contributed by atoms with Crippen molar-refractivity contribution in [2.45, 2.75) is 13.0 Å². The number of morpholine rings is 1. The van der Waals surface area contributed by atoms with Gasteiger partial charge in [-0.25, -0.2) is 0 Å². The SMILES string of the molecule is Cc1cnc2ccc(C3COCCN3)cc2c1. The summed E-state index contributed by atoms with van der Waals surface area (Å²) in [6.07, 6.45) is 1.91. The fourth-order valence-electron chi connectivity index (χ4n) is 2.26. The minimum atomic E-state index is 0.314. The first-order valence-electron chi connectivity index (χ1n) is 6.00. The van der Waals surface area contributed by atoms with E-state index in [9.17, 15) is 0 Å². The number of fused-ring (bicyclic) bond motifs is 1. The number of hydrogen-bond donors (Lipinski definition) is 1. The van der Waals surface area contributed by atoms with Crippen LogP contribution in [-0.2, 0) is 4.74 Å². The molecule has 0 bridgehead atoms. The van der Waals surface area contributed by atoms with Gasteiger partial charge in [-0.1, -0.05) is 6.07 Å². The topological polar surface area (TPSA) is 34.1 Å². The molecular formula is C14H16N2O. The average molecular weight is 228 g/mol. The normalized spacial score (nSPS) is 20.6. The Morgan fingerprint density at radius 1 is 1.35 bits per heavy atom. The largest absolute Gasteiger partial charge is 0.378 e. The Labute approximate surface area is 101 Å². The molecular weight excluding hydrogens is 212 g/mol. The zero-order valence-electron chi connectivity index (χ0n) is 9.94. The Balaban J connectivity index is 1.99. The molecule has 0 spiro atoms. The van der Waals surface area contributed by atoms with Crippen LogP contribution in [0.2, 0.25) is 0 Å². The number of aromatic nitrogens is 1. The van der Waals surface area contributed by atoms with Crippen LogP contribution < -0.4 is 5.32 Å². The fraction of sp³-hybridized carbons (Fsp3) is 0.357. The third-order valence-corrected chi connectivity index (χ3v) is 3.17. The van der Waals surface area contributed by atoms with E-state index in [-0.39, 0.29) is 0 Å². The van der Waals surface area contributed by atoms with Crippen LogP contribution in [0.5, 0.6) is 0 Å². The lowest BCUT2D eigenvalue weighted by Gasteiger charge is -2.24. The van der Waals surface area contributed by atoms with Crippen molar-refractivity contribution in [1.82, 2.24) is 10.3 Å². The third-order valence-electron chi connectivity index (χ3n) is 3.17. The van der Waals surface area contributed by atoms with Gasteiger partial charge in [-0.05, 0) is 36.2 Å². The minimum Gasteiger partial charge on any atom is -0.378 e. The Morgan fingerprint density at radius 3 is 3.12 bits per heavy atom. The number of pyridine rings is 1. The van der Waals surface area contributed by atoms with Gasteiger partial charge in [0.2, 0.25) is 0 Å². The summed E-state index contributed by atoms with van der Waals surface area (Å²) < 4.78 is 5.49. The van der Waals surface area contributed by atoms with Crippen molar-refractivity contribution >= 4 is 10.9 Å². The van der Waals surface area contributed by atoms with Crippen molar-refractivity contribution in [2.24, 2.45) is 0 Å². The molecule has 2 aromatic rings. The number of rotatable bonds is 1. The van der Waals surface area contributed by atoms with Crippen molar-refractivity contribution in [3.05, 3.63) is 41.6 Å². The van der Waals surface area contributed by atoms with Crippen LogP contribution in [0.15, 0.2) is 30.5 Å². The fourth-order valence-corrected chi connectivity index (χ4v) is 2.26. The van der Waals surface area contributed by atoms with Gasteiger partial charge in [0.1, 0.15) is 0 Å². The molecule has 1 saturated heterocycles. The van der Waals surface area contributed by atoms with E-state index in [2.05, 4.69) is 41.5 Å². The summed E-state index contributed by atoms with van der Waals surface area (Å²) in [4.78, 5) is 4.42. The number of nitrogens with one attached hydrogen (secondary N) is 1. The van der Waals surface area contributed by atoms with Gasteiger partial charge in [-0.3, -0.25) is 4.98 Å². The first-order valence-corrected chi connectivity index (χ1v) is 6.00. The summed E-state index contributed by atoms with van der Waals surface area (Å²) in [6, 6.07) is 8.92. The molecule has 1 N–H and O–H groups in total. The van der Waals surface area contributed by atoms with E-state index >= 15 is 0 Å². The van der Waals surface area contributed by atoms with Crippen molar-refractivity contribution in [3.63, 3.8) is 0 Å². The van der Waals surface area contributed by atoms with E-state index in [0.717, 1.165) is 25.3 Å². The van der Waals surface area contributed by atoms with Gasteiger partial charge in [0.15, 0.2) is 0 Å². The van der Waals surface area contributed by atoms with Gasteiger partial charge in [0.25, 0.3) is 0 Å². The monoisotopic (exact) mass is 228 g/mol. The molecule has 1 unspecified atom stereocenters. The Morgan fingerprint density at radius 2 is 2.29 bits per heavy atom. The molecule has 3 heteroatoms. The van der Waals surface area contributed by atoms with Gasteiger partial charge in [-0.15, -0.1) is 0 Å². The summed E-state index contributed by atoms with van der Waals surface area (Å²) in [7, 11) is 0. The molecule has 3 nitrogen and oxygen atoms in total. The highest BCUT2D eigenvalue weighted by Gasteiger charge is 2.15. The number of ether oxygens (including phenoxy) is 1. The molecule has 1 atom stereocenters. The van der Waals surface area contributed by atoms with Gasteiger partial charge >= 0.3 is 0 Å². The standard InChI is InChI=1S/C14H16N2O/c1-10-6-12-7-11(2-3-13(12)16-8-10)14-9-17-5-4-15-14/h2-3,6-8,14-15H,4-5,9H2,1H3. The zero-order chi connectivity index (χ0) is 11.7. The van der Waals surface area contributed by atoms with Gasteiger partial charge in [0, 0.05) is 18.1 Å². The average Bonchev–Trinajstić information content (AvgIpc) is 2.39. The van der Waals surface area contributed by atoms with E-state index in [0.29, 0.717) is 6.04 Å². The van der Waals surface area contributed by atoms with Crippen LogP contribution in [0.1, 0.15) is 17.2 Å². The second-order valence-corrected chi connectivity index (χ2v) is 4.55. The minimum absolute atomic E-state index is 0.314. The van der Waals surface area contributed by atoms with Gasteiger partial charge in [0.05, 0.1) is 24.8 Å². The van der Waals surface area contributed by atoms with Crippen LogP contribution in [0, 0.1) is 6.92 Å². The molecule has 0 saturated carbocycles. The summed E-state index contributed by atoms with van der Waals surface area (Å²) in [5.74, 6) is 0. The molecule has 1 aromatic heterocycles. The van der Waals surface area contributed by atoms with Crippen molar-refractivity contribution in [1.29, 1.82) is 0 Å². The first-order chi connectivity index (χ1) is 8.33. The molecule has 0 aliphatic carbocycles. The molecule has 3 rings (SSSR count). The van der Waals surface area contributed by atoms with Crippen LogP contribution in [0.3, 0.4) is 0 Å². The Kier molecular flexibility index (Phi) is 2.79. The molecule has 2 heterocycles. The smallest absolute Gasteiger partial charge is 0.0702 e. The van der Waals surface area contributed by atoms with E-state index in [1.807, 2.05) is 6.20 Å². The molecule has 88 valence electrons. The second kappa shape index (κ2) is 4.43. The van der Waals surface area contributed by atoms with Gasteiger partial charge in [-0.2, -0.15) is 0 Å². The lowest BCUT2D eigenvalue weighted by atomic mass is 10.0. The molecule has 1 fully saturated rings. The lowest BCUT2D eigenvalue weighted by Crippen LogP contribution is -2.34. The molecule has 1 aromatic carbocycles. The highest BCUT2D eigenvalue weighted by molar-refractivity contribution is 5.79. The molecule has 1 aliphatic heterocycles. The predicted octanol–water partition coefficient (Wildman–Crippen LogP) is 2.20. The van der Waals surface area contributed by atoms with E-state index < -0.39 is 0 Å². The Bertz CT molecular complexity index is 533. The predicted molar refractivity (Wildman–Crippen MR) is 68.0 cm³/mol. The number of nitrogens with zero attached hydrogens (tertiary/aromatic N) is 1. The quantitative estimate of drug-likeness (QED) is 0.812. The summed E-state index contributed by atoms with van der Waals surface area (Å²) in [6.45, 7) is 4.56. The molecule has 17 heavy (non-hydrogen) atoms. The van der Waals surface area contributed by atoms with Crippen LogP contribution in [0.25, 0.3) is 10.9 Å². The maximum atomic E-state index is 5.49. The molecule has 1 aliphatic rings. The molecule has 0 amide bonds. The second-order valence-electron chi connectivity index (χ2n) is 4.55. The lowest BCUT2D eigenvalue weighted by molar-refractivity contribution is 0.0769. The number of hydrogen-bond acceptors (Lipinski definition) is 3. The summed E-state index contributed by atoms with van der Waals surface area (Å²) in [5.41, 5.74) is 3.53. The van der Waals surface area contributed by atoms with Crippen molar-refractivity contribution in [3.8, 4) is 0 Å². The maximum absolute atomic E-state index is 5.49. The highest BCUT2D eigenvalue weighted by Crippen LogP contribution is 2.21. The number of benzene rings is 1. The molecule has 0 radical (unpaired) electrons. The van der Waals surface area contributed by atoms with Crippen molar-refractivity contribution < 1.29 is 4.74 Å². The van der Waals surface area contributed by atoms with E-state index in [1.54, 1.807) is 0 Å². The van der Waals surface area contributed by atoms with Crippen molar-refractivity contribution in [2.75, 3.05) is 19.8 Å². The van der Waals surface area contributed by atoms with Crippen LogP contribution >= 0.6 is 0 Å². The van der Waals surface area contributed by atoms with E-state index in [4.69, 9.17) is 4.74 Å². The van der Waals surface area contributed by atoms with Gasteiger partial charge < -0.3 is 10.1 Å². The maximum Gasteiger partial charge on any atom is 0.0702 e. The summed E-state index contributed by atoms with van der Waals surface area (Å²) in [5, 5.41) is 4.67. The summed E-state index contributed by atoms with van der Waals surface area (Å²) >= 11 is 0. The number of aryl methyl sites for hydroxylation is 1. The Hall–Kier alpha value is -1.45. The highest BCUT2D eigenvalue weighted by atomic mass is 16.5. The van der Waals surface area contributed by atoms with Crippen LogP contribution in [0.4, 0.5) is 0 Å².